The van der Waals surface area contributed by atoms with Crippen molar-refractivity contribution in [2.75, 3.05) is 26.3 Å². The van der Waals surface area contributed by atoms with E-state index in [9.17, 15) is 19.1 Å². The molecular formula is C34H29F2N5O4S. The number of rotatable bonds is 7. The van der Waals surface area contributed by atoms with Crippen molar-refractivity contribution in [2.45, 2.75) is 25.9 Å². The molecule has 0 aliphatic carbocycles. The van der Waals surface area contributed by atoms with Crippen LogP contribution in [0.4, 0.5) is 8.78 Å². The van der Waals surface area contributed by atoms with Crippen LogP contribution < -0.4 is 10.1 Å². The number of nitrogens with zero attached hydrogens (tertiary/aromatic N) is 4. The Morgan fingerprint density at radius 1 is 1.17 bits per heavy atom. The number of carbonyl (C=O) groups excluding carboxylic acids is 2. The summed E-state index contributed by atoms with van der Waals surface area (Å²) in [6.07, 6.45) is 1.96. The smallest absolute Gasteiger partial charge is 0.251 e. The van der Waals surface area contributed by atoms with E-state index in [4.69, 9.17) is 14.8 Å². The third-order valence-electron chi connectivity index (χ3n) is 8.49. The van der Waals surface area contributed by atoms with E-state index >= 15 is 4.39 Å². The molecule has 2 aliphatic rings. The minimum absolute atomic E-state index is 0.000874. The van der Waals surface area contributed by atoms with Gasteiger partial charge in [-0.3, -0.25) is 14.3 Å². The second kappa shape index (κ2) is 11.8. The fourth-order valence-corrected chi connectivity index (χ4v) is 7.28. The van der Waals surface area contributed by atoms with E-state index in [1.165, 1.54) is 17.4 Å². The fourth-order valence-electron chi connectivity index (χ4n) is 6.34. The maximum absolute atomic E-state index is 15.9. The van der Waals surface area contributed by atoms with Gasteiger partial charge in [0.2, 0.25) is 5.91 Å². The van der Waals surface area contributed by atoms with Gasteiger partial charge in [-0.1, -0.05) is 12.6 Å². The standard InChI is InChI=1S/C34H29F2N5O4S/c1-3-28(43)40-9-10-41-26(18(40)2)17-25(39-41)32-30(29-24(36)15-21(35)16-27(29)45-12-11-42)33-23(7-13-46-33)31(38-32)20-4-5-22-19(14-20)6-8-37-34(22)44/h3-5,7,13-18,42H,1,6,8-12H2,2H3,(H,37,44). The minimum atomic E-state index is -0.849. The van der Waals surface area contributed by atoms with Crippen LogP contribution in [0.3, 0.4) is 0 Å². The molecule has 0 saturated carbocycles. The molecule has 2 aliphatic heterocycles. The molecule has 1 atom stereocenters. The summed E-state index contributed by atoms with van der Waals surface area (Å²) in [6.45, 7) is 6.42. The SMILES string of the molecule is C=CC(=O)N1CCn2nc(-c3nc(-c4ccc5c(c4)CCNC5=O)c4ccsc4c3-c3c(F)cc(F)cc3OCCO)cc2C1C. The van der Waals surface area contributed by atoms with Crippen LogP contribution in [0.5, 0.6) is 5.75 Å². The molecule has 0 spiro atoms. The number of pyridine rings is 1. The molecule has 9 nitrogen and oxygen atoms in total. The Bertz CT molecular complexity index is 2060. The molecular weight excluding hydrogens is 612 g/mol. The van der Waals surface area contributed by atoms with Crippen LogP contribution in [0.15, 0.2) is 60.5 Å². The Kier molecular flexibility index (Phi) is 7.61. The molecule has 46 heavy (non-hydrogen) atoms. The number of fused-ring (bicyclic) bond motifs is 3. The van der Waals surface area contributed by atoms with Gasteiger partial charge in [-0.25, -0.2) is 13.8 Å². The number of hydrogen-bond acceptors (Lipinski definition) is 7. The molecule has 7 rings (SSSR count). The normalized spacial score (nSPS) is 15.8. The van der Waals surface area contributed by atoms with Gasteiger partial charge in [0.1, 0.15) is 35.4 Å². The van der Waals surface area contributed by atoms with E-state index in [-0.39, 0.29) is 42.4 Å². The zero-order chi connectivity index (χ0) is 32.1. The Hall–Kier alpha value is -4.94. The van der Waals surface area contributed by atoms with Gasteiger partial charge in [0, 0.05) is 52.0 Å². The third kappa shape index (κ3) is 4.94. The van der Waals surface area contributed by atoms with Crippen LogP contribution in [0.1, 0.15) is 34.6 Å². The monoisotopic (exact) mass is 641 g/mol. The zero-order valence-electron chi connectivity index (χ0n) is 24.8. The van der Waals surface area contributed by atoms with Crippen LogP contribution >= 0.6 is 11.3 Å². The summed E-state index contributed by atoms with van der Waals surface area (Å²) in [7, 11) is 0. The van der Waals surface area contributed by atoms with Crippen molar-refractivity contribution in [3.8, 4) is 39.5 Å². The number of carbonyl (C=O) groups is 2. The van der Waals surface area contributed by atoms with Gasteiger partial charge in [0.25, 0.3) is 5.91 Å². The largest absolute Gasteiger partial charge is 0.490 e. The molecule has 3 aromatic heterocycles. The molecule has 0 saturated heterocycles. The molecule has 2 aromatic carbocycles. The lowest BCUT2D eigenvalue weighted by Gasteiger charge is -2.33. The van der Waals surface area contributed by atoms with Gasteiger partial charge < -0.3 is 20.1 Å². The molecule has 5 aromatic rings. The van der Waals surface area contributed by atoms with Crippen LogP contribution in [-0.2, 0) is 17.8 Å². The van der Waals surface area contributed by atoms with E-state index in [1.54, 1.807) is 11.0 Å². The Labute approximate surface area is 266 Å². The number of amides is 2. The zero-order valence-corrected chi connectivity index (χ0v) is 25.7. The van der Waals surface area contributed by atoms with Crippen LogP contribution in [-0.4, -0.2) is 62.9 Å². The maximum atomic E-state index is 15.9. The molecule has 5 heterocycles. The lowest BCUT2D eigenvalue weighted by Crippen LogP contribution is -2.40. The number of thiophene rings is 1. The summed E-state index contributed by atoms with van der Waals surface area (Å²) in [5.74, 6) is -2.06. The van der Waals surface area contributed by atoms with Gasteiger partial charge in [-0.15, -0.1) is 11.3 Å². The Balaban J connectivity index is 1.50. The summed E-state index contributed by atoms with van der Waals surface area (Å²) < 4.78 is 38.7. The quantitative estimate of drug-likeness (QED) is 0.227. The number of hydrogen-bond donors (Lipinski definition) is 2. The van der Waals surface area contributed by atoms with Crippen molar-refractivity contribution in [3.63, 3.8) is 0 Å². The highest BCUT2D eigenvalue weighted by Crippen LogP contribution is 2.47. The predicted molar refractivity (Wildman–Crippen MR) is 171 cm³/mol. The minimum Gasteiger partial charge on any atom is -0.490 e. The van der Waals surface area contributed by atoms with Gasteiger partial charge in [0.15, 0.2) is 0 Å². The van der Waals surface area contributed by atoms with E-state index in [0.717, 1.165) is 34.3 Å². The van der Waals surface area contributed by atoms with Gasteiger partial charge in [-0.05, 0) is 54.6 Å². The number of halogens is 2. The number of aliphatic hydroxyl groups excluding tert-OH is 1. The number of benzene rings is 2. The van der Waals surface area contributed by atoms with E-state index in [0.29, 0.717) is 59.0 Å². The molecule has 234 valence electrons. The average Bonchev–Trinajstić information content (AvgIpc) is 3.71. The molecule has 2 N–H and O–H groups in total. The summed E-state index contributed by atoms with van der Waals surface area (Å²) >= 11 is 1.38. The van der Waals surface area contributed by atoms with Crippen LogP contribution in [0, 0.1) is 11.6 Å². The van der Waals surface area contributed by atoms with Crippen molar-refractivity contribution in [2.24, 2.45) is 0 Å². The second-order valence-corrected chi connectivity index (χ2v) is 12.1. The highest BCUT2D eigenvalue weighted by atomic mass is 32.1. The van der Waals surface area contributed by atoms with Gasteiger partial charge >= 0.3 is 0 Å². The fraction of sp³-hybridized carbons (Fsp3) is 0.235. The lowest BCUT2D eigenvalue weighted by molar-refractivity contribution is -0.129. The first kappa shape index (κ1) is 29.8. The third-order valence-corrected chi connectivity index (χ3v) is 9.42. The molecule has 0 bridgehead atoms. The number of nitrogens with one attached hydrogen (secondary N) is 1. The van der Waals surface area contributed by atoms with Crippen molar-refractivity contribution in [3.05, 3.63) is 89.0 Å². The summed E-state index contributed by atoms with van der Waals surface area (Å²) in [4.78, 5) is 31.9. The highest BCUT2D eigenvalue weighted by Gasteiger charge is 2.31. The Morgan fingerprint density at radius 2 is 2.02 bits per heavy atom. The van der Waals surface area contributed by atoms with Crippen molar-refractivity contribution in [1.29, 1.82) is 0 Å². The number of aromatic nitrogens is 3. The number of aliphatic hydroxyl groups is 1. The Morgan fingerprint density at radius 3 is 2.83 bits per heavy atom. The van der Waals surface area contributed by atoms with Crippen LogP contribution in [0.2, 0.25) is 0 Å². The van der Waals surface area contributed by atoms with Gasteiger partial charge in [0.05, 0.1) is 36.1 Å². The van der Waals surface area contributed by atoms with E-state index < -0.39 is 11.6 Å². The predicted octanol–water partition coefficient (Wildman–Crippen LogP) is 5.52. The summed E-state index contributed by atoms with van der Waals surface area (Å²) in [6, 6.07) is 10.9. The van der Waals surface area contributed by atoms with Gasteiger partial charge in [-0.2, -0.15) is 5.10 Å². The maximum Gasteiger partial charge on any atom is 0.251 e. The van der Waals surface area contributed by atoms with Crippen LogP contribution in [0.25, 0.3) is 43.9 Å². The highest BCUT2D eigenvalue weighted by molar-refractivity contribution is 7.18. The topological polar surface area (TPSA) is 110 Å². The number of ether oxygens (including phenoxy) is 1. The van der Waals surface area contributed by atoms with Crippen molar-refractivity contribution < 1.29 is 28.2 Å². The first-order valence-electron chi connectivity index (χ1n) is 14.9. The second-order valence-electron chi connectivity index (χ2n) is 11.1. The average molecular weight is 642 g/mol. The van der Waals surface area contributed by atoms with Crippen molar-refractivity contribution in [1.82, 2.24) is 25.0 Å². The lowest BCUT2D eigenvalue weighted by atomic mass is 9.93. The first-order valence-corrected chi connectivity index (χ1v) is 15.7. The van der Waals surface area contributed by atoms with E-state index in [1.807, 2.05) is 41.3 Å². The molecule has 0 radical (unpaired) electrons. The molecule has 2 amide bonds. The molecule has 12 heteroatoms. The summed E-state index contributed by atoms with van der Waals surface area (Å²) in [5, 5.41) is 19.8. The molecule has 0 fully saturated rings. The van der Waals surface area contributed by atoms with E-state index in [2.05, 4.69) is 11.9 Å². The van der Waals surface area contributed by atoms with Crippen molar-refractivity contribution >= 4 is 33.2 Å². The molecule has 1 unspecified atom stereocenters. The summed E-state index contributed by atoms with van der Waals surface area (Å²) in [5.41, 5.74) is 4.84. The first-order chi connectivity index (χ1) is 22.3.